The van der Waals surface area contributed by atoms with Crippen LogP contribution in [0.25, 0.3) is 0 Å². The molecular formula is C13H24N2O3. The average Bonchev–Trinajstić information content (AvgIpc) is 2.41. The highest BCUT2D eigenvalue weighted by atomic mass is 16.6. The second kappa shape index (κ2) is 6.61. The van der Waals surface area contributed by atoms with E-state index in [2.05, 4.69) is 5.32 Å². The van der Waals surface area contributed by atoms with E-state index in [1.54, 1.807) is 0 Å². The quantitative estimate of drug-likeness (QED) is 0.839. The predicted octanol–water partition coefficient (Wildman–Crippen LogP) is 1.91. The number of likely N-dealkylation sites (tertiary alicyclic amines) is 1. The van der Waals surface area contributed by atoms with Crippen molar-refractivity contribution >= 4 is 12.0 Å². The lowest BCUT2D eigenvalue weighted by atomic mass is 10.2. The maximum absolute atomic E-state index is 11.7. The molecular weight excluding hydrogens is 232 g/mol. The fourth-order valence-electron chi connectivity index (χ4n) is 1.88. The smallest absolute Gasteiger partial charge is 0.407 e. The van der Waals surface area contributed by atoms with Crippen LogP contribution in [0.4, 0.5) is 4.79 Å². The van der Waals surface area contributed by atoms with Gasteiger partial charge in [0.25, 0.3) is 0 Å². The normalized spacial score (nSPS) is 17.3. The molecule has 5 heteroatoms. The lowest BCUT2D eigenvalue weighted by molar-refractivity contribution is -0.130. The van der Waals surface area contributed by atoms with Gasteiger partial charge in [0, 0.05) is 26.1 Å². The van der Waals surface area contributed by atoms with Gasteiger partial charge in [-0.15, -0.1) is 0 Å². The van der Waals surface area contributed by atoms with Crippen LogP contribution < -0.4 is 5.32 Å². The standard InChI is InChI=1S/C13H24N2O3/c1-13(2,3)18-12(17)14-8-10-15-9-6-4-5-7-11(15)16/h4-10H2,1-3H3,(H,14,17). The van der Waals surface area contributed by atoms with Crippen LogP contribution in [0.3, 0.4) is 0 Å². The molecule has 18 heavy (non-hydrogen) atoms. The molecule has 0 radical (unpaired) electrons. The van der Waals surface area contributed by atoms with Gasteiger partial charge in [0.15, 0.2) is 0 Å². The Morgan fingerprint density at radius 1 is 1.33 bits per heavy atom. The number of carbonyl (C=O) groups excluding carboxylic acids is 2. The van der Waals surface area contributed by atoms with E-state index >= 15 is 0 Å². The van der Waals surface area contributed by atoms with Gasteiger partial charge in [0.2, 0.25) is 5.91 Å². The van der Waals surface area contributed by atoms with E-state index in [0.717, 1.165) is 25.8 Å². The van der Waals surface area contributed by atoms with Crippen molar-refractivity contribution in [1.82, 2.24) is 10.2 Å². The first-order chi connectivity index (χ1) is 8.38. The molecule has 0 saturated carbocycles. The Bertz CT molecular complexity index is 297. The number of alkyl carbamates (subject to hydrolysis) is 1. The third-order valence-corrected chi connectivity index (χ3v) is 2.72. The molecule has 1 saturated heterocycles. The maximum Gasteiger partial charge on any atom is 0.407 e. The highest BCUT2D eigenvalue weighted by Gasteiger charge is 2.18. The van der Waals surface area contributed by atoms with Crippen molar-refractivity contribution < 1.29 is 14.3 Å². The van der Waals surface area contributed by atoms with Crippen molar-refractivity contribution in [3.8, 4) is 0 Å². The van der Waals surface area contributed by atoms with Crippen LogP contribution in [0.1, 0.15) is 46.5 Å². The van der Waals surface area contributed by atoms with Gasteiger partial charge in [0.05, 0.1) is 0 Å². The summed E-state index contributed by atoms with van der Waals surface area (Å²) >= 11 is 0. The number of rotatable bonds is 3. The van der Waals surface area contributed by atoms with Crippen molar-refractivity contribution in [2.24, 2.45) is 0 Å². The summed E-state index contributed by atoms with van der Waals surface area (Å²) in [6.07, 6.45) is 3.35. The summed E-state index contributed by atoms with van der Waals surface area (Å²) in [5.41, 5.74) is -0.484. The Labute approximate surface area is 109 Å². The fourth-order valence-corrected chi connectivity index (χ4v) is 1.88. The fraction of sp³-hybridized carbons (Fsp3) is 0.846. The van der Waals surface area contributed by atoms with E-state index in [1.807, 2.05) is 25.7 Å². The van der Waals surface area contributed by atoms with E-state index in [-0.39, 0.29) is 5.91 Å². The van der Waals surface area contributed by atoms with Gasteiger partial charge >= 0.3 is 6.09 Å². The number of hydrogen-bond donors (Lipinski definition) is 1. The number of ether oxygens (including phenoxy) is 1. The highest BCUT2D eigenvalue weighted by Crippen LogP contribution is 2.10. The lowest BCUT2D eigenvalue weighted by Crippen LogP contribution is -2.40. The Morgan fingerprint density at radius 3 is 2.72 bits per heavy atom. The van der Waals surface area contributed by atoms with Crippen LogP contribution >= 0.6 is 0 Å². The van der Waals surface area contributed by atoms with Crippen molar-refractivity contribution in [3.63, 3.8) is 0 Å². The molecule has 2 amide bonds. The zero-order valence-electron chi connectivity index (χ0n) is 11.6. The first-order valence-corrected chi connectivity index (χ1v) is 6.63. The van der Waals surface area contributed by atoms with E-state index in [0.29, 0.717) is 19.5 Å². The maximum atomic E-state index is 11.7. The van der Waals surface area contributed by atoms with Gasteiger partial charge in [-0.2, -0.15) is 0 Å². The number of nitrogens with one attached hydrogen (secondary N) is 1. The number of hydrogen-bond acceptors (Lipinski definition) is 3. The topological polar surface area (TPSA) is 58.6 Å². The molecule has 0 aliphatic carbocycles. The van der Waals surface area contributed by atoms with Crippen LogP contribution in [0, 0.1) is 0 Å². The third-order valence-electron chi connectivity index (χ3n) is 2.72. The van der Waals surface area contributed by atoms with Gasteiger partial charge in [-0.05, 0) is 33.6 Å². The van der Waals surface area contributed by atoms with E-state index in [4.69, 9.17) is 4.74 Å². The highest BCUT2D eigenvalue weighted by molar-refractivity contribution is 5.76. The summed E-state index contributed by atoms with van der Waals surface area (Å²) in [5.74, 6) is 0.193. The molecule has 1 fully saturated rings. The molecule has 0 aromatic rings. The molecule has 0 unspecified atom stereocenters. The van der Waals surface area contributed by atoms with Crippen LogP contribution in [-0.4, -0.2) is 42.1 Å². The summed E-state index contributed by atoms with van der Waals surface area (Å²) in [4.78, 5) is 24.9. The van der Waals surface area contributed by atoms with E-state index < -0.39 is 11.7 Å². The number of nitrogens with zero attached hydrogens (tertiary/aromatic N) is 1. The van der Waals surface area contributed by atoms with E-state index in [9.17, 15) is 9.59 Å². The molecule has 1 aliphatic rings. The molecule has 0 spiro atoms. The minimum absolute atomic E-state index is 0.193. The van der Waals surface area contributed by atoms with Gasteiger partial charge < -0.3 is 15.0 Å². The molecule has 0 atom stereocenters. The second-order valence-electron chi connectivity index (χ2n) is 5.62. The van der Waals surface area contributed by atoms with Crippen LogP contribution in [0.15, 0.2) is 0 Å². The Morgan fingerprint density at radius 2 is 2.06 bits per heavy atom. The zero-order chi connectivity index (χ0) is 13.6. The van der Waals surface area contributed by atoms with Crippen LogP contribution in [-0.2, 0) is 9.53 Å². The van der Waals surface area contributed by atoms with Crippen LogP contribution in [0.5, 0.6) is 0 Å². The van der Waals surface area contributed by atoms with E-state index in [1.165, 1.54) is 0 Å². The minimum Gasteiger partial charge on any atom is -0.444 e. The monoisotopic (exact) mass is 256 g/mol. The molecule has 1 heterocycles. The predicted molar refractivity (Wildman–Crippen MR) is 69.3 cm³/mol. The van der Waals surface area contributed by atoms with Gasteiger partial charge in [-0.3, -0.25) is 4.79 Å². The summed E-state index contributed by atoms with van der Waals surface area (Å²) in [7, 11) is 0. The molecule has 0 aromatic heterocycles. The average molecular weight is 256 g/mol. The molecule has 1 aliphatic heterocycles. The number of amides is 2. The van der Waals surface area contributed by atoms with Gasteiger partial charge in [0.1, 0.15) is 5.60 Å². The molecule has 0 bridgehead atoms. The van der Waals surface area contributed by atoms with Crippen molar-refractivity contribution in [2.45, 2.75) is 52.1 Å². The molecule has 1 N–H and O–H groups in total. The molecule has 0 aromatic carbocycles. The Kier molecular flexibility index (Phi) is 5.44. The molecule has 1 rings (SSSR count). The first-order valence-electron chi connectivity index (χ1n) is 6.63. The van der Waals surface area contributed by atoms with Crippen LogP contribution in [0.2, 0.25) is 0 Å². The third kappa shape index (κ3) is 5.89. The minimum atomic E-state index is -0.484. The Hall–Kier alpha value is -1.26. The largest absolute Gasteiger partial charge is 0.444 e. The summed E-state index contributed by atoms with van der Waals surface area (Å²) in [6, 6.07) is 0. The molecule has 5 nitrogen and oxygen atoms in total. The second-order valence-corrected chi connectivity index (χ2v) is 5.62. The zero-order valence-corrected chi connectivity index (χ0v) is 11.6. The Balaban J connectivity index is 2.24. The number of carbonyl (C=O) groups is 2. The van der Waals surface area contributed by atoms with Gasteiger partial charge in [-0.25, -0.2) is 4.79 Å². The molecule has 104 valence electrons. The lowest BCUT2D eigenvalue weighted by Gasteiger charge is -2.22. The summed E-state index contributed by atoms with van der Waals surface area (Å²) < 4.78 is 5.13. The van der Waals surface area contributed by atoms with Crippen molar-refractivity contribution in [3.05, 3.63) is 0 Å². The summed E-state index contributed by atoms with van der Waals surface area (Å²) in [5, 5.41) is 2.67. The van der Waals surface area contributed by atoms with Crippen molar-refractivity contribution in [1.29, 1.82) is 0 Å². The van der Waals surface area contributed by atoms with Gasteiger partial charge in [-0.1, -0.05) is 6.42 Å². The SMILES string of the molecule is CC(C)(C)OC(=O)NCCN1CCCCCC1=O. The first kappa shape index (κ1) is 14.8. The summed E-state index contributed by atoms with van der Waals surface area (Å²) in [6.45, 7) is 7.29. The van der Waals surface area contributed by atoms with Crippen molar-refractivity contribution in [2.75, 3.05) is 19.6 Å².